The second kappa shape index (κ2) is 9.46. The van der Waals surface area contributed by atoms with E-state index in [-0.39, 0.29) is 30.3 Å². The van der Waals surface area contributed by atoms with E-state index in [0.29, 0.717) is 5.56 Å². The van der Waals surface area contributed by atoms with Crippen LogP contribution in [0, 0.1) is 5.82 Å². The van der Waals surface area contributed by atoms with E-state index in [0.717, 1.165) is 23.1 Å². The highest BCUT2D eigenvalue weighted by molar-refractivity contribution is 6.32. The molecule has 11 heteroatoms. The maximum Gasteiger partial charge on any atom is 0.573 e. The molecule has 6 nitrogen and oxygen atoms in total. The van der Waals surface area contributed by atoms with Gasteiger partial charge in [0.1, 0.15) is 5.82 Å². The summed E-state index contributed by atoms with van der Waals surface area (Å²) in [6.45, 7) is -0.498. The number of ether oxygens (including phenoxy) is 1. The van der Waals surface area contributed by atoms with E-state index in [9.17, 15) is 27.2 Å². The number of aliphatic carboxylic acids is 1. The predicted octanol–water partition coefficient (Wildman–Crippen LogP) is 3.90. The molecule has 0 aliphatic carbocycles. The Bertz CT molecular complexity index is 892. The van der Waals surface area contributed by atoms with E-state index < -0.39 is 29.8 Å². The van der Waals surface area contributed by atoms with Crippen molar-refractivity contribution in [1.82, 2.24) is 4.90 Å². The average Bonchev–Trinajstić information content (AvgIpc) is 2.62. The van der Waals surface area contributed by atoms with Crippen LogP contribution in [0.15, 0.2) is 42.5 Å². The summed E-state index contributed by atoms with van der Waals surface area (Å²) >= 11 is 5.91. The molecule has 0 heterocycles. The summed E-state index contributed by atoms with van der Waals surface area (Å²) in [5, 5.41) is 11.7. The first-order valence-corrected chi connectivity index (χ1v) is 8.49. The Balaban J connectivity index is 2.09. The Morgan fingerprint density at radius 1 is 1.17 bits per heavy atom. The number of carboxylic acid groups (broad SMARTS) is 1. The second-order valence-electron chi connectivity index (χ2n) is 5.74. The minimum absolute atomic E-state index is 0.00470. The van der Waals surface area contributed by atoms with Crippen molar-refractivity contribution in [3.05, 3.63) is 58.9 Å². The van der Waals surface area contributed by atoms with Gasteiger partial charge in [0.2, 0.25) is 0 Å². The Morgan fingerprint density at radius 3 is 2.48 bits per heavy atom. The van der Waals surface area contributed by atoms with Crippen LogP contribution < -0.4 is 10.1 Å². The zero-order valence-corrected chi connectivity index (χ0v) is 15.4. The summed E-state index contributed by atoms with van der Waals surface area (Å²) in [5.74, 6) is -4.04. The van der Waals surface area contributed by atoms with E-state index in [4.69, 9.17) is 16.7 Å². The zero-order valence-electron chi connectivity index (χ0n) is 14.7. The molecule has 0 aliphatic rings. The lowest BCUT2D eigenvalue weighted by Crippen LogP contribution is -2.39. The van der Waals surface area contributed by atoms with E-state index >= 15 is 0 Å². The fourth-order valence-electron chi connectivity index (χ4n) is 2.40. The average molecular weight is 435 g/mol. The molecule has 2 N–H and O–H groups in total. The van der Waals surface area contributed by atoms with Gasteiger partial charge in [-0.15, -0.1) is 13.2 Å². The van der Waals surface area contributed by atoms with Crippen LogP contribution in [-0.4, -0.2) is 41.3 Å². The van der Waals surface area contributed by atoms with Crippen molar-refractivity contribution in [1.29, 1.82) is 0 Å². The van der Waals surface area contributed by atoms with Crippen LogP contribution in [0.3, 0.4) is 0 Å². The Morgan fingerprint density at radius 2 is 1.86 bits per heavy atom. The van der Waals surface area contributed by atoms with E-state index in [1.54, 1.807) is 0 Å². The number of halogens is 5. The number of nitrogens with one attached hydrogen (secondary N) is 1. The van der Waals surface area contributed by atoms with Crippen LogP contribution in [0.25, 0.3) is 0 Å². The normalized spacial score (nSPS) is 11.1. The smallest absolute Gasteiger partial charge is 0.474 e. The minimum atomic E-state index is -4.89. The summed E-state index contributed by atoms with van der Waals surface area (Å²) in [6.07, 6.45) is -4.89. The van der Waals surface area contributed by atoms with Crippen LogP contribution in [0.4, 0.5) is 23.2 Å². The van der Waals surface area contributed by atoms with Crippen LogP contribution in [0.5, 0.6) is 5.75 Å². The molecule has 2 rings (SSSR count). The third-order valence-corrected chi connectivity index (χ3v) is 4.01. The Hall–Kier alpha value is -3.01. The molecule has 2 aromatic rings. The van der Waals surface area contributed by atoms with Crippen molar-refractivity contribution >= 4 is 29.2 Å². The lowest BCUT2D eigenvalue weighted by molar-refractivity contribution is -0.274. The molecule has 0 saturated carbocycles. The van der Waals surface area contributed by atoms with Gasteiger partial charge >= 0.3 is 18.2 Å². The van der Waals surface area contributed by atoms with Gasteiger partial charge in [-0.05, 0) is 29.8 Å². The molecule has 0 fully saturated rings. The number of hydrogen-bond acceptors (Lipinski definition) is 4. The van der Waals surface area contributed by atoms with Crippen LogP contribution >= 0.6 is 11.6 Å². The number of carbonyl (C=O) groups is 2. The van der Waals surface area contributed by atoms with Gasteiger partial charge in [-0.1, -0.05) is 29.8 Å². The maximum absolute atomic E-state index is 13.2. The molecule has 0 atom stereocenters. The summed E-state index contributed by atoms with van der Waals surface area (Å²) in [5.41, 5.74) is 0.316. The molecular weight excluding hydrogens is 420 g/mol. The number of alkyl halides is 3. The molecule has 156 valence electrons. The van der Waals surface area contributed by atoms with Crippen molar-refractivity contribution in [2.45, 2.75) is 12.9 Å². The monoisotopic (exact) mass is 434 g/mol. The van der Waals surface area contributed by atoms with Gasteiger partial charge in [0.25, 0.3) is 0 Å². The fraction of sp³-hybridized carbons (Fsp3) is 0.222. The highest BCUT2D eigenvalue weighted by Gasteiger charge is 2.32. The van der Waals surface area contributed by atoms with Crippen molar-refractivity contribution in [2.75, 3.05) is 18.4 Å². The molecule has 0 saturated heterocycles. The van der Waals surface area contributed by atoms with Crippen molar-refractivity contribution < 1.29 is 37.0 Å². The van der Waals surface area contributed by atoms with E-state index in [1.165, 1.54) is 24.3 Å². The van der Waals surface area contributed by atoms with Gasteiger partial charge in [-0.3, -0.25) is 4.79 Å². The number of carbonyl (C=O) groups excluding carboxylic acids is 1. The summed E-state index contributed by atoms with van der Waals surface area (Å²) in [4.78, 5) is 23.9. The van der Waals surface area contributed by atoms with Gasteiger partial charge in [0.15, 0.2) is 5.75 Å². The first kappa shape index (κ1) is 22.3. The van der Waals surface area contributed by atoms with Crippen LogP contribution in [0.1, 0.15) is 5.56 Å². The molecule has 0 aromatic heterocycles. The lowest BCUT2D eigenvalue weighted by atomic mass is 10.2. The molecule has 0 spiro atoms. The van der Waals surface area contributed by atoms with Crippen LogP contribution in [-0.2, 0) is 16.1 Å². The first-order chi connectivity index (χ1) is 13.6. The van der Waals surface area contributed by atoms with Gasteiger partial charge in [-0.2, -0.15) is 0 Å². The molecule has 0 radical (unpaired) electrons. The van der Waals surface area contributed by atoms with Gasteiger partial charge < -0.3 is 20.1 Å². The highest BCUT2D eigenvalue weighted by Crippen LogP contribution is 2.29. The van der Waals surface area contributed by atoms with Crippen molar-refractivity contribution in [3.63, 3.8) is 0 Å². The number of anilines is 1. The zero-order chi connectivity index (χ0) is 21.6. The molecule has 2 aromatic carbocycles. The summed E-state index contributed by atoms with van der Waals surface area (Å²) in [6, 6.07) is 8.69. The molecule has 1 amide bonds. The topological polar surface area (TPSA) is 78.9 Å². The second-order valence-corrected chi connectivity index (χ2v) is 6.15. The number of benzene rings is 2. The van der Waals surface area contributed by atoms with Gasteiger partial charge in [0.05, 0.1) is 5.69 Å². The summed E-state index contributed by atoms with van der Waals surface area (Å²) in [7, 11) is 0. The SMILES string of the molecule is O=C(O)C(=O)N(CCNc1ccccc1OC(F)(F)F)Cc1ccc(F)cc1Cl. The maximum atomic E-state index is 13.2. The van der Waals surface area contributed by atoms with Crippen LogP contribution in [0.2, 0.25) is 5.02 Å². The van der Waals surface area contributed by atoms with Gasteiger partial charge in [0, 0.05) is 24.7 Å². The standard InChI is InChI=1S/C18H15ClF4N2O4/c19-13-9-12(20)6-5-11(13)10-25(16(26)17(27)28)8-7-24-14-3-1-2-4-15(14)29-18(21,22)23/h1-6,9,24H,7-8,10H2,(H,27,28). The molecule has 0 bridgehead atoms. The minimum Gasteiger partial charge on any atom is -0.474 e. The predicted molar refractivity (Wildman–Crippen MR) is 96.1 cm³/mol. The molecule has 0 unspecified atom stereocenters. The number of para-hydroxylation sites is 2. The molecular formula is C18H15ClF4N2O4. The third-order valence-electron chi connectivity index (χ3n) is 3.66. The Kier molecular flexibility index (Phi) is 7.27. The lowest BCUT2D eigenvalue weighted by Gasteiger charge is -2.22. The molecule has 0 aliphatic heterocycles. The van der Waals surface area contributed by atoms with Crippen molar-refractivity contribution in [3.8, 4) is 5.75 Å². The first-order valence-electron chi connectivity index (χ1n) is 8.11. The number of hydrogen-bond donors (Lipinski definition) is 2. The fourth-order valence-corrected chi connectivity index (χ4v) is 2.62. The molecule has 29 heavy (non-hydrogen) atoms. The number of amides is 1. The Labute approximate surface area is 167 Å². The van der Waals surface area contributed by atoms with E-state index in [1.807, 2.05) is 0 Å². The quantitative estimate of drug-likeness (QED) is 0.510. The summed E-state index contributed by atoms with van der Waals surface area (Å²) < 4.78 is 54.5. The number of rotatable bonds is 7. The third kappa shape index (κ3) is 6.83. The van der Waals surface area contributed by atoms with E-state index in [2.05, 4.69) is 10.1 Å². The highest BCUT2D eigenvalue weighted by atomic mass is 35.5. The van der Waals surface area contributed by atoms with Crippen molar-refractivity contribution in [2.24, 2.45) is 0 Å². The van der Waals surface area contributed by atoms with Gasteiger partial charge in [-0.25, -0.2) is 9.18 Å². The number of nitrogens with zero attached hydrogens (tertiary/aromatic N) is 1. The number of carboxylic acids is 1. The largest absolute Gasteiger partial charge is 0.573 e.